The van der Waals surface area contributed by atoms with E-state index in [9.17, 15) is 54.4 Å². The molecule has 1 fully saturated rings. The summed E-state index contributed by atoms with van der Waals surface area (Å²) in [5, 5.41) is 19.7. The minimum absolute atomic E-state index is 0.112. The van der Waals surface area contributed by atoms with Crippen LogP contribution in [0.15, 0.2) is 34.9 Å². The van der Waals surface area contributed by atoms with Gasteiger partial charge in [-0.25, -0.2) is 35.1 Å². The van der Waals surface area contributed by atoms with E-state index in [1.807, 2.05) is 0 Å². The Morgan fingerprint density at radius 1 is 0.553 bits per heavy atom. The highest BCUT2D eigenvalue weighted by atomic mass is 19.4. The van der Waals surface area contributed by atoms with Crippen LogP contribution in [0.5, 0.6) is 0 Å². The van der Waals surface area contributed by atoms with Crippen molar-refractivity contribution in [2.75, 3.05) is 0 Å². The van der Waals surface area contributed by atoms with E-state index >= 15 is 17.6 Å². The zero-order valence-corrected chi connectivity index (χ0v) is 23.4. The number of halogens is 14. The van der Waals surface area contributed by atoms with Crippen molar-refractivity contribution >= 4 is 16.7 Å². The number of hydrogen-bond donors (Lipinski definition) is 0. The molecule has 0 radical (unpaired) electrons. The average molecular weight is 678 g/mol. The minimum atomic E-state index is -5.98. The van der Waals surface area contributed by atoms with Crippen molar-refractivity contribution in [1.82, 2.24) is 0 Å². The van der Waals surface area contributed by atoms with Crippen molar-refractivity contribution in [3.63, 3.8) is 0 Å². The molecule has 0 spiro atoms. The van der Waals surface area contributed by atoms with Crippen molar-refractivity contribution in [2.45, 2.75) is 33.1 Å². The number of nitrogens with zero attached hydrogens (tertiary/aromatic N) is 2. The summed E-state index contributed by atoms with van der Waals surface area (Å²) in [6, 6.07) is 6.75. The number of aryl methyl sites for hydroxylation is 2. The average Bonchev–Trinajstić information content (AvgIpc) is 3.69. The molecule has 4 rings (SSSR count). The van der Waals surface area contributed by atoms with Gasteiger partial charge in [-0.15, -0.1) is 0 Å². The maximum atomic E-state index is 15.1. The standard InChI is InChI=1S/C31H12F14N2/c1-9-4-5-10(2)12(6-9)11(3)15-16(13(7-46)18-22(32)26(36)20(30(40,41)42)27(37)23(18)33)17(15)14(8-47)19-24(34)28(38)21(31(43,44)45)29(39)25(19)35/h4-6H,1-3H3/b15-11-,16-13?,17-14-. The van der Waals surface area contributed by atoms with E-state index in [0.717, 1.165) is 12.1 Å². The molecule has 0 aliphatic heterocycles. The fourth-order valence-corrected chi connectivity index (χ4v) is 5.01. The number of allylic oxidation sites excluding steroid dienone is 6. The fourth-order valence-electron chi connectivity index (χ4n) is 5.01. The SMILES string of the molecule is C/C(=C1\C(=C(C#N)c2c(F)c(F)c(C(F)(F)F)c(F)c2F)\C1=C(\C#N)c1c(F)c(F)c(C(F)(F)F)c(F)c1F)c1cc(C)ccc1C. The molecule has 244 valence electrons. The third kappa shape index (κ3) is 5.51. The van der Waals surface area contributed by atoms with E-state index in [1.165, 1.54) is 26.0 Å². The monoisotopic (exact) mass is 678 g/mol. The van der Waals surface area contributed by atoms with Gasteiger partial charge in [0.15, 0.2) is 46.5 Å². The van der Waals surface area contributed by atoms with E-state index in [0.29, 0.717) is 11.1 Å². The van der Waals surface area contributed by atoms with Crippen molar-refractivity contribution in [3.8, 4) is 12.1 Å². The molecule has 1 saturated carbocycles. The molecule has 0 aromatic heterocycles. The van der Waals surface area contributed by atoms with Gasteiger partial charge in [0.05, 0.1) is 22.3 Å². The predicted octanol–water partition coefficient (Wildman–Crippen LogP) is 10.2. The number of benzene rings is 3. The molecule has 47 heavy (non-hydrogen) atoms. The van der Waals surface area contributed by atoms with Gasteiger partial charge in [0.2, 0.25) is 0 Å². The molecule has 16 heteroatoms. The van der Waals surface area contributed by atoms with Gasteiger partial charge >= 0.3 is 12.4 Å². The van der Waals surface area contributed by atoms with E-state index in [2.05, 4.69) is 0 Å². The Kier molecular flexibility index (Phi) is 8.57. The summed E-state index contributed by atoms with van der Waals surface area (Å²) in [6.07, 6.45) is -12.0. The minimum Gasteiger partial charge on any atom is -0.203 e. The summed E-state index contributed by atoms with van der Waals surface area (Å²) in [7, 11) is 0. The van der Waals surface area contributed by atoms with Crippen LogP contribution in [0.4, 0.5) is 61.5 Å². The van der Waals surface area contributed by atoms with Crippen LogP contribution in [0.25, 0.3) is 16.7 Å². The summed E-state index contributed by atoms with van der Waals surface area (Å²) in [5.41, 5.74) is -14.7. The van der Waals surface area contributed by atoms with Crippen molar-refractivity contribution in [1.29, 1.82) is 10.5 Å². The molecular formula is C31H12F14N2. The molecule has 0 unspecified atom stereocenters. The van der Waals surface area contributed by atoms with Gasteiger partial charge in [-0.1, -0.05) is 23.8 Å². The molecule has 0 amide bonds. The van der Waals surface area contributed by atoms with Crippen LogP contribution in [0.2, 0.25) is 0 Å². The van der Waals surface area contributed by atoms with E-state index in [1.54, 1.807) is 13.0 Å². The van der Waals surface area contributed by atoms with Gasteiger partial charge in [0, 0.05) is 11.1 Å². The molecule has 0 saturated heterocycles. The van der Waals surface area contributed by atoms with Gasteiger partial charge in [0.1, 0.15) is 23.3 Å². The molecule has 0 atom stereocenters. The molecular weight excluding hydrogens is 666 g/mol. The molecule has 0 heterocycles. The third-order valence-electron chi connectivity index (χ3n) is 7.18. The molecule has 0 N–H and O–H groups in total. The largest absolute Gasteiger partial charge is 0.422 e. The summed E-state index contributed by atoms with van der Waals surface area (Å²) in [5.74, 6) is -23.0. The normalized spacial score (nSPS) is 16.5. The van der Waals surface area contributed by atoms with Crippen molar-refractivity contribution < 1.29 is 61.5 Å². The van der Waals surface area contributed by atoms with Crippen LogP contribution in [-0.2, 0) is 12.4 Å². The lowest BCUT2D eigenvalue weighted by Gasteiger charge is -2.14. The Morgan fingerprint density at radius 2 is 0.894 bits per heavy atom. The van der Waals surface area contributed by atoms with Crippen LogP contribution in [0, 0.1) is 83.0 Å². The van der Waals surface area contributed by atoms with Crippen LogP contribution < -0.4 is 0 Å². The highest BCUT2D eigenvalue weighted by Gasteiger charge is 2.48. The van der Waals surface area contributed by atoms with Gasteiger partial charge in [-0.3, -0.25) is 0 Å². The first-order chi connectivity index (χ1) is 21.6. The zero-order chi connectivity index (χ0) is 35.7. The lowest BCUT2D eigenvalue weighted by atomic mass is 9.97. The van der Waals surface area contributed by atoms with E-state index in [-0.39, 0.29) is 11.1 Å². The van der Waals surface area contributed by atoms with E-state index < -0.39 is 109 Å². The highest BCUT2D eigenvalue weighted by Crippen LogP contribution is 2.57. The highest BCUT2D eigenvalue weighted by molar-refractivity contribution is 6.10. The number of alkyl halides is 6. The summed E-state index contributed by atoms with van der Waals surface area (Å²) in [6.45, 7) is 4.25. The second kappa shape index (κ2) is 11.6. The Balaban J connectivity index is 2.26. The maximum absolute atomic E-state index is 15.1. The Labute approximate surface area is 254 Å². The zero-order valence-electron chi connectivity index (χ0n) is 23.4. The van der Waals surface area contributed by atoms with Crippen LogP contribution >= 0.6 is 0 Å². The number of hydrogen-bond acceptors (Lipinski definition) is 2. The smallest absolute Gasteiger partial charge is 0.203 e. The van der Waals surface area contributed by atoms with Crippen LogP contribution in [0.1, 0.15) is 45.9 Å². The van der Waals surface area contributed by atoms with Gasteiger partial charge < -0.3 is 0 Å². The Hall–Kier alpha value is -5.12. The number of nitriles is 2. The van der Waals surface area contributed by atoms with Crippen LogP contribution in [-0.4, -0.2) is 0 Å². The predicted molar refractivity (Wildman–Crippen MR) is 136 cm³/mol. The topological polar surface area (TPSA) is 47.6 Å². The summed E-state index contributed by atoms with van der Waals surface area (Å²) in [4.78, 5) is 0. The first-order valence-electron chi connectivity index (χ1n) is 12.6. The molecule has 1 aliphatic carbocycles. The fraction of sp³-hybridized carbons (Fsp3) is 0.161. The van der Waals surface area contributed by atoms with Crippen molar-refractivity contribution in [2.24, 2.45) is 0 Å². The Morgan fingerprint density at radius 3 is 1.19 bits per heavy atom. The molecule has 0 bridgehead atoms. The van der Waals surface area contributed by atoms with Gasteiger partial charge in [-0.2, -0.15) is 36.9 Å². The second-order valence-electron chi connectivity index (χ2n) is 10.0. The summed E-state index contributed by atoms with van der Waals surface area (Å²) < 4.78 is 197. The second-order valence-corrected chi connectivity index (χ2v) is 10.0. The van der Waals surface area contributed by atoms with Crippen LogP contribution in [0.3, 0.4) is 0 Å². The molecule has 3 aromatic carbocycles. The lowest BCUT2D eigenvalue weighted by molar-refractivity contribution is -0.144. The van der Waals surface area contributed by atoms with E-state index in [4.69, 9.17) is 0 Å². The Bertz CT molecular complexity index is 1910. The number of rotatable bonds is 3. The van der Waals surface area contributed by atoms with Crippen molar-refractivity contribution in [3.05, 3.63) is 120 Å². The quantitative estimate of drug-likeness (QED) is 0.157. The lowest BCUT2D eigenvalue weighted by Crippen LogP contribution is -2.17. The first kappa shape index (κ1) is 34.7. The first-order valence-corrected chi connectivity index (χ1v) is 12.6. The molecule has 3 aromatic rings. The molecule has 1 aliphatic rings. The van der Waals surface area contributed by atoms with Gasteiger partial charge in [0.25, 0.3) is 0 Å². The summed E-state index contributed by atoms with van der Waals surface area (Å²) >= 11 is 0. The third-order valence-corrected chi connectivity index (χ3v) is 7.18. The maximum Gasteiger partial charge on any atom is 0.422 e. The molecule has 2 nitrogen and oxygen atoms in total. The van der Waals surface area contributed by atoms with Gasteiger partial charge in [-0.05, 0) is 43.0 Å².